The number of carbonyl (C=O) groups is 1. The first-order valence-electron chi connectivity index (χ1n) is 4.65. The van der Waals surface area contributed by atoms with E-state index in [1.165, 1.54) is 6.20 Å². The van der Waals surface area contributed by atoms with Crippen LogP contribution in [-0.2, 0) is 0 Å². The maximum atomic E-state index is 11.1. The first kappa shape index (κ1) is 11.8. The molecule has 0 fully saturated rings. The van der Waals surface area contributed by atoms with Crippen molar-refractivity contribution >= 4 is 17.9 Å². The van der Waals surface area contributed by atoms with Gasteiger partial charge in [0.15, 0.2) is 11.5 Å². The van der Waals surface area contributed by atoms with Gasteiger partial charge in [0.25, 0.3) is 5.91 Å². The summed E-state index contributed by atoms with van der Waals surface area (Å²) in [5.41, 5.74) is 6.40. The highest BCUT2D eigenvalue weighted by Crippen LogP contribution is 2.11. The van der Waals surface area contributed by atoms with Crippen molar-refractivity contribution in [1.29, 1.82) is 5.41 Å². The van der Waals surface area contributed by atoms with Gasteiger partial charge in [-0.1, -0.05) is 6.08 Å². The van der Waals surface area contributed by atoms with Gasteiger partial charge >= 0.3 is 0 Å². The minimum Gasteiger partial charge on any atom is -0.364 e. The lowest BCUT2D eigenvalue weighted by molar-refractivity contribution is 0.0996. The summed E-state index contributed by atoms with van der Waals surface area (Å²) in [5, 5.41) is 9.93. The van der Waals surface area contributed by atoms with Gasteiger partial charge in [-0.3, -0.25) is 4.79 Å². The normalized spacial score (nSPS) is 11.0. The minimum absolute atomic E-state index is 0.0619. The predicted molar refractivity (Wildman–Crippen MR) is 61.5 cm³/mol. The molecule has 1 amide bonds. The molecule has 4 N–H and O–H groups in total. The molecule has 0 radical (unpaired) electrons. The van der Waals surface area contributed by atoms with Gasteiger partial charge in [0.2, 0.25) is 0 Å². The number of amides is 1. The third kappa shape index (κ3) is 2.63. The van der Waals surface area contributed by atoms with Crippen LogP contribution in [0.4, 0.5) is 5.82 Å². The molecule has 1 aromatic heterocycles. The molecule has 0 spiro atoms. The molecule has 6 nitrogen and oxygen atoms in total. The molecule has 0 aliphatic carbocycles. The van der Waals surface area contributed by atoms with Gasteiger partial charge < -0.3 is 16.5 Å². The standard InChI is InChI=1S/C10H13N5O/c1-3-7(4-11)15-10-8(9(12)16)13-5-6(2)14-10/h3-5,11H,1-2H3,(H2,12,16)(H,14,15)/b7-3+,11-4?. The maximum absolute atomic E-state index is 11.1. The van der Waals surface area contributed by atoms with Crippen LogP contribution in [0.25, 0.3) is 0 Å². The van der Waals surface area contributed by atoms with E-state index in [2.05, 4.69) is 15.3 Å². The Kier molecular flexibility index (Phi) is 3.71. The van der Waals surface area contributed by atoms with Crippen molar-refractivity contribution < 1.29 is 4.79 Å². The second kappa shape index (κ2) is 5.01. The van der Waals surface area contributed by atoms with Crippen molar-refractivity contribution in [3.63, 3.8) is 0 Å². The molecule has 6 heteroatoms. The number of aryl methyl sites for hydroxylation is 1. The lowest BCUT2D eigenvalue weighted by atomic mass is 10.3. The molecular weight excluding hydrogens is 206 g/mol. The van der Waals surface area contributed by atoms with Crippen molar-refractivity contribution in [1.82, 2.24) is 9.97 Å². The zero-order chi connectivity index (χ0) is 12.1. The molecule has 1 aromatic rings. The summed E-state index contributed by atoms with van der Waals surface area (Å²) in [4.78, 5) is 19.1. The molecule has 1 heterocycles. The summed E-state index contributed by atoms with van der Waals surface area (Å²) >= 11 is 0. The molecule has 1 rings (SSSR count). The van der Waals surface area contributed by atoms with Gasteiger partial charge in [-0.25, -0.2) is 9.97 Å². The number of aromatic nitrogens is 2. The number of nitrogens with one attached hydrogen (secondary N) is 2. The van der Waals surface area contributed by atoms with Crippen molar-refractivity contribution in [2.24, 2.45) is 5.73 Å². The van der Waals surface area contributed by atoms with Gasteiger partial charge in [-0.05, 0) is 13.8 Å². The predicted octanol–water partition coefficient (Wildman–Crippen LogP) is 0.849. The van der Waals surface area contributed by atoms with Crippen LogP contribution in [0.3, 0.4) is 0 Å². The van der Waals surface area contributed by atoms with E-state index in [9.17, 15) is 4.79 Å². The van der Waals surface area contributed by atoms with E-state index in [1.807, 2.05) is 0 Å². The average molecular weight is 219 g/mol. The van der Waals surface area contributed by atoms with Crippen molar-refractivity contribution in [2.45, 2.75) is 13.8 Å². The SMILES string of the molecule is C/C=C(\C=N)Nc1nc(C)cnc1C(N)=O. The van der Waals surface area contributed by atoms with Gasteiger partial charge in [-0.15, -0.1) is 0 Å². The monoisotopic (exact) mass is 219 g/mol. The maximum Gasteiger partial charge on any atom is 0.271 e. The van der Waals surface area contributed by atoms with E-state index in [0.717, 1.165) is 6.21 Å². The highest BCUT2D eigenvalue weighted by atomic mass is 16.1. The molecule has 0 bridgehead atoms. The van der Waals surface area contributed by atoms with Gasteiger partial charge in [0.05, 0.1) is 11.4 Å². The van der Waals surface area contributed by atoms with Crippen LogP contribution in [-0.4, -0.2) is 22.1 Å². The molecule has 0 aliphatic heterocycles. The smallest absolute Gasteiger partial charge is 0.271 e. The summed E-state index contributed by atoms with van der Waals surface area (Å²) in [6, 6.07) is 0. The summed E-state index contributed by atoms with van der Waals surface area (Å²) in [6.07, 6.45) is 4.27. The van der Waals surface area contributed by atoms with Crippen LogP contribution in [0, 0.1) is 12.3 Å². The molecule has 84 valence electrons. The molecule has 0 unspecified atom stereocenters. The van der Waals surface area contributed by atoms with Crippen molar-refractivity contribution in [3.8, 4) is 0 Å². The van der Waals surface area contributed by atoms with E-state index in [-0.39, 0.29) is 11.5 Å². The van der Waals surface area contributed by atoms with Crippen LogP contribution < -0.4 is 11.1 Å². The molecule has 0 saturated carbocycles. The number of nitrogens with two attached hydrogens (primary N) is 1. The Hall–Kier alpha value is -2.24. The molecular formula is C10H13N5O. The summed E-state index contributed by atoms with van der Waals surface area (Å²) in [5.74, 6) is -0.389. The third-order valence-corrected chi connectivity index (χ3v) is 1.86. The minimum atomic E-state index is -0.657. The van der Waals surface area contributed by atoms with Crippen LogP contribution >= 0.6 is 0 Å². The molecule has 0 aliphatic rings. The largest absolute Gasteiger partial charge is 0.364 e. The number of nitrogens with zero attached hydrogens (tertiary/aromatic N) is 2. The average Bonchev–Trinajstić information content (AvgIpc) is 2.25. The van der Waals surface area contributed by atoms with Crippen LogP contribution in [0.2, 0.25) is 0 Å². The van der Waals surface area contributed by atoms with Gasteiger partial charge in [0, 0.05) is 12.4 Å². The summed E-state index contributed by atoms with van der Waals surface area (Å²) in [6.45, 7) is 3.52. The number of anilines is 1. The highest BCUT2D eigenvalue weighted by Gasteiger charge is 2.11. The lowest BCUT2D eigenvalue weighted by Gasteiger charge is -2.08. The fourth-order valence-electron chi connectivity index (χ4n) is 1.07. The third-order valence-electron chi connectivity index (χ3n) is 1.86. The quantitative estimate of drug-likeness (QED) is 0.653. The lowest BCUT2D eigenvalue weighted by Crippen LogP contribution is -2.18. The highest BCUT2D eigenvalue weighted by molar-refractivity contribution is 5.96. The van der Waals surface area contributed by atoms with E-state index in [1.54, 1.807) is 19.9 Å². The summed E-state index contributed by atoms with van der Waals surface area (Å²) < 4.78 is 0. The molecule has 0 aromatic carbocycles. The van der Waals surface area contributed by atoms with E-state index >= 15 is 0 Å². The zero-order valence-corrected chi connectivity index (χ0v) is 9.11. The van der Waals surface area contributed by atoms with E-state index in [4.69, 9.17) is 11.1 Å². The second-order valence-electron chi connectivity index (χ2n) is 3.09. The topological polar surface area (TPSA) is 105 Å². The fourth-order valence-corrected chi connectivity index (χ4v) is 1.07. The number of hydrogen-bond donors (Lipinski definition) is 3. The number of carbonyl (C=O) groups excluding carboxylic acids is 1. The van der Waals surface area contributed by atoms with Crippen LogP contribution in [0.15, 0.2) is 18.0 Å². The Bertz CT molecular complexity index is 453. The summed E-state index contributed by atoms with van der Waals surface area (Å²) in [7, 11) is 0. The van der Waals surface area contributed by atoms with Crippen molar-refractivity contribution in [2.75, 3.05) is 5.32 Å². The van der Waals surface area contributed by atoms with Crippen molar-refractivity contribution in [3.05, 3.63) is 29.4 Å². The number of rotatable bonds is 4. The Balaban J connectivity index is 3.15. The molecule has 16 heavy (non-hydrogen) atoms. The Morgan fingerprint density at radius 3 is 2.81 bits per heavy atom. The Morgan fingerprint density at radius 1 is 1.62 bits per heavy atom. The first-order chi connectivity index (χ1) is 7.58. The molecule has 0 atom stereocenters. The Labute approximate surface area is 93.1 Å². The van der Waals surface area contributed by atoms with Crippen LogP contribution in [0.1, 0.15) is 23.1 Å². The first-order valence-corrected chi connectivity index (χ1v) is 4.65. The zero-order valence-electron chi connectivity index (χ0n) is 9.11. The number of allylic oxidation sites excluding steroid dienone is 2. The van der Waals surface area contributed by atoms with E-state index < -0.39 is 5.91 Å². The van der Waals surface area contributed by atoms with E-state index in [0.29, 0.717) is 11.4 Å². The molecule has 0 saturated heterocycles. The van der Waals surface area contributed by atoms with Crippen LogP contribution in [0.5, 0.6) is 0 Å². The Morgan fingerprint density at radius 2 is 2.31 bits per heavy atom. The van der Waals surface area contributed by atoms with Gasteiger partial charge in [0.1, 0.15) is 0 Å². The second-order valence-corrected chi connectivity index (χ2v) is 3.09. The number of primary amides is 1. The number of hydrogen-bond acceptors (Lipinski definition) is 5. The fraction of sp³-hybridized carbons (Fsp3) is 0.200. The van der Waals surface area contributed by atoms with Gasteiger partial charge in [-0.2, -0.15) is 0 Å².